The van der Waals surface area contributed by atoms with Crippen LogP contribution in [-0.4, -0.2) is 25.7 Å². The van der Waals surface area contributed by atoms with E-state index in [1.165, 1.54) is 11.8 Å². The topological polar surface area (TPSA) is 68.6 Å². The van der Waals surface area contributed by atoms with Gasteiger partial charge in [0, 0.05) is 28.7 Å². The second-order valence-electron chi connectivity index (χ2n) is 8.00. The van der Waals surface area contributed by atoms with Crippen LogP contribution in [0.15, 0.2) is 138 Å². The Hall–Kier alpha value is -4.68. The summed E-state index contributed by atoms with van der Waals surface area (Å²) in [5.41, 5.74) is 3.60. The minimum atomic E-state index is 0.0319. The molecule has 0 atom stereocenters. The monoisotopic (exact) mass is 498 g/mol. The molecule has 0 spiro atoms. The second kappa shape index (κ2) is 11.8. The number of carbonyl (C=O) groups excluding carboxylic acids is 1. The molecule has 0 aliphatic heterocycles. The fraction of sp³-hybridized carbons (Fsp3) is 0. The summed E-state index contributed by atoms with van der Waals surface area (Å²) in [6, 6.07) is 34.9. The lowest BCUT2D eigenvalue weighted by molar-refractivity contribution is 0.104. The third kappa shape index (κ3) is 6.51. The van der Waals surface area contributed by atoms with E-state index < -0.39 is 0 Å². The van der Waals surface area contributed by atoms with E-state index in [4.69, 9.17) is 0 Å². The Bertz CT molecular complexity index is 1590. The molecule has 0 aliphatic carbocycles. The zero-order valence-corrected chi connectivity index (χ0v) is 20.6. The number of fused-ring (bicyclic) bond motifs is 2. The maximum atomic E-state index is 11.7. The van der Waals surface area contributed by atoms with Gasteiger partial charge in [0.05, 0.1) is 11.0 Å². The Kier molecular flexibility index (Phi) is 7.69. The number of aromatic nitrogens is 4. The third-order valence-corrected chi connectivity index (χ3v) is 6.16. The van der Waals surface area contributed by atoms with E-state index in [-0.39, 0.29) is 5.78 Å². The quantitative estimate of drug-likeness (QED) is 0.141. The first-order valence-corrected chi connectivity index (χ1v) is 12.5. The zero-order chi connectivity index (χ0) is 25.3. The first kappa shape index (κ1) is 24.0. The van der Waals surface area contributed by atoms with Crippen LogP contribution in [-0.2, 0) is 0 Å². The van der Waals surface area contributed by atoms with Crippen molar-refractivity contribution in [3.8, 4) is 0 Å². The lowest BCUT2D eigenvalue weighted by Gasteiger charge is -2.02. The summed E-state index contributed by atoms with van der Waals surface area (Å²) in [4.78, 5) is 29.5. The Morgan fingerprint density at radius 3 is 1.65 bits per heavy atom. The summed E-state index contributed by atoms with van der Waals surface area (Å²) < 4.78 is 0. The largest absolute Gasteiger partial charge is 0.289 e. The average Bonchev–Trinajstić information content (AvgIpc) is 2.97. The number of ketones is 1. The van der Waals surface area contributed by atoms with Gasteiger partial charge in [-0.25, -0.2) is 19.9 Å². The van der Waals surface area contributed by atoms with Gasteiger partial charge in [-0.2, -0.15) is 0 Å². The highest BCUT2D eigenvalue weighted by Crippen LogP contribution is 2.24. The van der Waals surface area contributed by atoms with Crippen molar-refractivity contribution in [1.29, 1.82) is 0 Å². The molecule has 0 bridgehead atoms. The minimum absolute atomic E-state index is 0.0319. The number of hydrogen-bond acceptors (Lipinski definition) is 6. The van der Waals surface area contributed by atoms with Crippen LogP contribution in [0.1, 0.15) is 15.9 Å². The van der Waals surface area contributed by atoms with Gasteiger partial charge in [0.2, 0.25) is 0 Å². The third-order valence-electron chi connectivity index (χ3n) is 5.40. The Labute approximate surface area is 219 Å². The summed E-state index contributed by atoms with van der Waals surface area (Å²) in [5.74, 6) is 0.0319. The molecule has 2 aromatic heterocycles. The van der Waals surface area contributed by atoms with Crippen molar-refractivity contribution in [2.75, 3.05) is 0 Å². The molecule has 2 heterocycles. The molecular formula is C31H22N4OS. The molecule has 0 saturated heterocycles. The zero-order valence-electron chi connectivity index (χ0n) is 19.8. The summed E-state index contributed by atoms with van der Waals surface area (Å²) in [7, 11) is 0. The molecule has 6 aromatic rings. The molecule has 178 valence electrons. The van der Waals surface area contributed by atoms with Crippen LogP contribution in [0.2, 0.25) is 0 Å². The highest BCUT2D eigenvalue weighted by molar-refractivity contribution is 7.99. The van der Waals surface area contributed by atoms with E-state index in [9.17, 15) is 4.79 Å². The van der Waals surface area contributed by atoms with Crippen molar-refractivity contribution in [2.45, 2.75) is 10.3 Å². The molecular weight excluding hydrogens is 476 g/mol. The minimum Gasteiger partial charge on any atom is -0.289 e. The normalized spacial score (nSPS) is 10.8. The van der Waals surface area contributed by atoms with Crippen molar-refractivity contribution in [3.63, 3.8) is 0 Å². The molecule has 0 aliphatic rings. The number of rotatable bonds is 5. The number of allylic oxidation sites excluding steroid dienone is 1. The van der Waals surface area contributed by atoms with Crippen LogP contribution in [0.5, 0.6) is 0 Å². The first-order chi connectivity index (χ1) is 18.2. The number of hydrogen-bond donors (Lipinski definition) is 0. The Morgan fingerprint density at radius 2 is 1.08 bits per heavy atom. The summed E-state index contributed by atoms with van der Waals surface area (Å²) in [5, 5.41) is 3.37. The van der Waals surface area contributed by atoms with E-state index in [2.05, 4.69) is 19.9 Å². The molecule has 37 heavy (non-hydrogen) atoms. The van der Waals surface area contributed by atoms with Crippen LogP contribution < -0.4 is 0 Å². The van der Waals surface area contributed by atoms with Gasteiger partial charge in [-0.1, -0.05) is 103 Å². The summed E-state index contributed by atoms with van der Waals surface area (Å²) in [6.45, 7) is 0. The molecule has 0 saturated carbocycles. The Balaban J connectivity index is 0.000000158. The fourth-order valence-electron chi connectivity index (χ4n) is 3.53. The van der Waals surface area contributed by atoms with Crippen LogP contribution >= 0.6 is 11.8 Å². The summed E-state index contributed by atoms with van der Waals surface area (Å²) in [6.07, 6.45) is 7.08. The highest BCUT2D eigenvalue weighted by atomic mass is 32.2. The number of carbonyl (C=O) groups is 1. The Morgan fingerprint density at radius 1 is 0.595 bits per heavy atom. The number of para-hydroxylation sites is 2. The van der Waals surface area contributed by atoms with Gasteiger partial charge in [0.25, 0.3) is 0 Å². The molecule has 4 aromatic carbocycles. The summed E-state index contributed by atoms with van der Waals surface area (Å²) >= 11 is 1.37. The van der Waals surface area contributed by atoms with Crippen LogP contribution in [0.25, 0.3) is 27.9 Å². The lowest BCUT2D eigenvalue weighted by atomic mass is 10.1. The van der Waals surface area contributed by atoms with Crippen LogP contribution in [0, 0.1) is 0 Å². The van der Waals surface area contributed by atoms with Crippen molar-refractivity contribution < 1.29 is 4.79 Å². The van der Waals surface area contributed by atoms with Crippen molar-refractivity contribution in [3.05, 3.63) is 139 Å². The second-order valence-corrected chi connectivity index (χ2v) is 8.93. The molecule has 5 nitrogen and oxygen atoms in total. The molecule has 0 unspecified atom stereocenters. The lowest BCUT2D eigenvalue weighted by Crippen LogP contribution is -1.92. The van der Waals surface area contributed by atoms with E-state index in [0.29, 0.717) is 10.3 Å². The standard InChI is InChI=1S/C16H10N4S.C15H12O/c1-3-7-13-11(5-1)9-17-15(19-13)21-16-18-10-12-6-2-4-8-14(12)20-16;16-15(14-9-5-2-6-10-14)12-11-13-7-3-1-4-8-13/h1-10H;1-12H. The van der Waals surface area contributed by atoms with E-state index >= 15 is 0 Å². The molecule has 0 radical (unpaired) electrons. The van der Waals surface area contributed by atoms with Gasteiger partial charge >= 0.3 is 0 Å². The van der Waals surface area contributed by atoms with E-state index in [0.717, 1.165) is 32.9 Å². The molecule has 6 heteroatoms. The van der Waals surface area contributed by atoms with Crippen molar-refractivity contribution >= 4 is 45.4 Å². The van der Waals surface area contributed by atoms with Gasteiger partial charge in [-0.15, -0.1) is 0 Å². The van der Waals surface area contributed by atoms with Gasteiger partial charge in [-0.3, -0.25) is 4.79 Å². The predicted molar refractivity (Wildman–Crippen MR) is 149 cm³/mol. The molecule has 0 amide bonds. The van der Waals surface area contributed by atoms with Crippen LogP contribution in [0.3, 0.4) is 0 Å². The average molecular weight is 499 g/mol. The smallest absolute Gasteiger partial charge is 0.195 e. The van der Waals surface area contributed by atoms with Gasteiger partial charge in [0.1, 0.15) is 0 Å². The van der Waals surface area contributed by atoms with Crippen molar-refractivity contribution in [1.82, 2.24) is 19.9 Å². The molecule has 6 rings (SSSR count). The van der Waals surface area contributed by atoms with Crippen molar-refractivity contribution in [2.24, 2.45) is 0 Å². The van der Waals surface area contributed by atoms with Gasteiger partial charge < -0.3 is 0 Å². The highest BCUT2D eigenvalue weighted by Gasteiger charge is 2.06. The maximum Gasteiger partial charge on any atom is 0.195 e. The molecule has 0 N–H and O–H groups in total. The number of benzene rings is 4. The van der Waals surface area contributed by atoms with E-state index in [1.54, 1.807) is 6.08 Å². The predicted octanol–water partition coefficient (Wildman–Crippen LogP) is 7.31. The van der Waals surface area contributed by atoms with E-state index in [1.807, 2.05) is 128 Å². The fourth-order valence-corrected chi connectivity index (χ4v) is 4.19. The molecule has 0 fully saturated rings. The first-order valence-electron chi connectivity index (χ1n) is 11.7. The van der Waals surface area contributed by atoms with Crippen LogP contribution in [0.4, 0.5) is 0 Å². The maximum absolute atomic E-state index is 11.7. The number of nitrogens with zero attached hydrogens (tertiary/aromatic N) is 4. The van der Waals surface area contributed by atoms with Gasteiger partial charge in [0.15, 0.2) is 16.1 Å². The van der Waals surface area contributed by atoms with Gasteiger partial charge in [-0.05, 0) is 35.5 Å². The SMILES string of the molecule is O=C(C=Cc1ccccc1)c1ccccc1.c1ccc2nc(Sc3ncc4ccccc4n3)ncc2c1.